The van der Waals surface area contributed by atoms with E-state index in [9.17, 15) is 4.79 Å². The molecule has 2 rings (SSSR count). The van der Waals surface area contributed by atoms with Crippen molar-refractivity contribution in [2.45, 2.75) is 39.5 Å². The van der Waals surface area contributed by atoms with Gasteiger partial charge in [-0.3, -0.25) is 4.90 Å². The predicted molar refractivity (Wildman–Crippen MR) is 56.7 cm³/mol. The summed E-state index contributed by atoms with van der Waals surface area (Å²) in [4.78, 5) is 13.4. The summed E-state index contributed by atoms with van der Waals surface area (Å²) in [6.07, 6.45) is 1.39. The molecule has 0 spiro atoms. The predicted octanol–water partition coefficient (Wildman–Crippen LogP) is 1.03. The Bertz CT molecular complexity index is 394. The molecule has 1 aliphatic rings. The molecule has 1 aromatic rings. The molecule has 6 heteroatoms. The van der Waals surface area contributed by atoms with Crippen LogP contribution in [0.25, 0.3) is 0 Å². The van der Waals surface area contributed by atoms with E-state index in [4.69, 9.17) is 4.74 Å². The molecule has 88 valence electrons. The van der Waals surface area contributed by atoms with Gasteiger partial charge >= 0.3 is 6.09 Å². The van der Waals surface area contributed by atoms with Crippen LogP contribution in [0.5, 0.6) is 0 Å². The van der Waals surface area contributed by atoms with E-state index >= 15 is 0 Å². The number of hydrogen-bond donors (Lipinski definition) is 0. The molecule has 0 radical (unpaired) electrons. The summed E-state index contributed by atoms with van der Waals surface area (Å²) in [6, 6.07) is 0. The van der Waals surface area contributed by atoms with Gasteiger partial charge in [0.15, 0.2) is 5.82 Å². The molecule has 0 N–H and O–H groups in total. The molecule has 0 fully saturated rings. The fourth-order valence-electron chi connectivity index (χ4n) is 1.55. The molecule has 2 heterocycles. The molecule has 6 nitrogen and oxygen atoms in total. The second-order valence-corrected chi connectivity index (χ2v) is 4.84. The summed E-state index contributed by atoms with van der Waals surface area (Å²) >= 11 is 0. The van der Waals surface area contributed by atoms with Crippen molar-refractivity contribution in [1.29, 1.82) is 0 Å². The van der Waals surface area contributed by atoms with Crippen LogP contribution >= 0.6 is 0 Å². The maximum atomic E-state index is 11.8. The number of fused-ring (bicyclic) bond motifs is 1. The Hall–Kier alpha value is -1.59. The van der Waals surface area contributed by atoms with Gasteiger partial charge in [0.05, 0.1) is 6.54 Å². The van der Waals surface area contributed by atoms with Crippen molar-refractivity contribution in [3.63, 3.8) is 0 Å². The van der Waals surface area contributed by atoms with E-state index in [-0.39, 0.29) is 6.09 Å². The maximum Gasteiger partial charge on any atom is 0.410 e. The Kier molecular flexibility index (Phi) is 2.57. The van der Waals surface area contributed by atoms with Crippen molar-refractivity contribution in [2.75, 3.05) is 6.54 Å². The second-order valence-electron chi connectivity index (χ2n) is 4.84. The minimum absolute atomic E-state index is 0.290. The number of hydrogen-bond acceptors (Lipinski definition) is 4. The van der Waals surface area contributed by atoms with Gasteiger partial charge in [0.25, 0.3) is 0 Å². The lowest BCUT2D eigenvalue weighted by molar-refractivity contribution is 0.0195. The fraction of sp³-hybridized carbons (Fsp3) is 0.700. The van der Waals surface area contributed by atoms with Crippen LogP contribution in [0.3, 0.4) is 0 Å². The largest absolute Gasteiger partial charge is 0.444 e. The van der Waals surface area contributed by atoms with Crippen LogP contribution in [0, 0.1) is 0 Å². The normalized spacial score (nSPS) is 15.8. The molecule has 0 atom stereocenters. The highest BCUT2D eigenvalue weighted by Crippen LogP contribution is 2.14. The topological polar surface area (TPSA) is 60.2 Å². The number of carbonyl (C=O) groups is 1. The van der Waals surface area contributed by atoms with Crippen molar-refractivity contribution in [3.8, 4) is 0 Å². The van der Waals surface area contributed by atoms with E-state index < -0.39 is 5.60 Å². The zero-order valence-electron chi connectivity index (χ0n) is 9.80. The van der Waals surface area contributed by atoms with Crippen LogP contribution in [0.15, 0.2) is 6.33 Å². The Morgan fingerprint density at radius 2 is 2.19 bits per heavy atom. The molecule has 0 aromatic carbocycles. The number of amides is 1. The first-order valence-corrected chi connectivity index (χ1v) is 5.30. The molecule has 0 unspecified atom stereocenters. The number of nitrogens with zero attached hydrogens (tertiary/aromatic N) is 4. The average molecular weight is 224 g/mol. The van der Waals surface area contributed by atoms with E-state index in [1.165, 1.54) is 0 Å². The van der Waals surface area contributed by atoms with E-state index in [1.807, 2.05) is 25.3 Å². The summed E-state index contributed by atoms with van der Waals surface area (Å²) in [5.41, 5.74) is -0.456. The maximum absolute atomic E-state index is 11.8. The highest BCUT2D eigenvalue weighted by Gasteiger charge is 2.26. The minimum Gasteiger partial charge on any atom is -0.444 e. The van der Waals surface area contributed by atoms with Crippen LogP contribution in [-0.4, -0.2) is 37.9 Å². The zero-order chi connectivity index (χ0) is 11.8. The van der Waals surface area contributed by atoms with Gasteiger partial charge in [-0.2, -0.15) is 0 Å². The van der Waals surface area contributed by atoms with Crippen molar-refractivity contribution in [1.82, 2.24) is 19.7 Å². The van der Waals surface area contributed by atoms with Gasteiger partial charge in [0.2, 0.25) is 0 Å². The monoisotopic (exact) mass is 224 g/mol. The first-order valence-electron chi connectivity index (χ1n) is 5.30. The summed E-state index contributed by atoms with van der Waals surface area (Å²) in [5.74, 6) is 0.803. The van der Waals surface area contributed by atoms with Gasteiger partial charge in [-0.05, 0) is 20.8 Å². The van der Waals surface area contributed by atoms with Gasteiger partial charge in [0, 0.05) is 13.1 Å². The first-order chi connectivity index (χ1) is 7.46. The fourth-order valence-corrected chi connectivity index (χ4v) is 1.55. The van der Waals surface area contributed by atoms with Crippen molar-refractivity contribution < 1.29 is 9.53 Å². The van der Waals surface area contributed by atoms with Crippen LogP contribution < -0.4 is 0 Å². The zero-order valence-corrected chi connectivity index (χ0v) is 9.80. The lowest BCUT2D eigenvalue weighted by Crippen LogP contribution is -2.41. The smallest absolute Gasteiger partial charge is 0.410 e. The summed E-state index contributed by atoms with van der Waals surface area (Å²) in [5, 5.41) is 7.76. The van der Waals surface area contributed by atoms with E-state index in [1.54, 1.807) is 11.2 Å². The van der Waals surface area contributed by atoms with Crippen LogP contribution in [0.1, 0.15) is 26.6 Å². The standard InChI is InChI=1S/C10H16N4O2/c1-10(2,3)16-9(15)13-4-5-14-7-11-12-8(14)6-13/h7H,4-6H2,1-3H3. The summed E-state index contributed by atoms with van der Waals surface area (Å²) in [6.45, 7) is 7.41. The quantitative estimate of drug-likeness (QED) is 0.660. The third kappa shape index (κ3) is 2.32. The third-order valence-electron chi connectivity index (χ3n) is 2.29. The molecule has 1 amide bonds. The molecule has 1 aliphatic heterocycles. The molecule has 0 aliphatic carbocycles. The minimum atomic E-state index is -0.456. The molecule has 16 heavy (non-hydrogen) atoms. The molecule has 1 aromatic heterocycles. The van der Waals surface area contributed by atoms with Crippen LogP contribution in [0.4, 0.5) is 4.79 Å². The Labute approximate surface area is 94.2 Å². The first kappa shape index (κ1) is 10.9. The number of rotatable bonds is 0. The molecule has 0 saturated carbocycles. The third-order valence-corrected chi connectivity index (χ3v) is 2.29. The molecule has 0 saturated heterocycles. The van der Waals surface area contributed by atoms with Gasteiger partial charge in [0.1, 0.15) is 11.9 Å². The number of carbonyl (C=O) groups excluding carboxylic acids is 1. The van der Waals surface area contributed by atoms with E-state index in [2.05, 4.69) is 10.2 Å². The lowest BCUT2D eigenvalue weighted by Gasteiger charge is -2.29. The molecular formula is C10H16N4O2. The van der Waals surface area contributed by atoms with E-state index in [0.717, 1.165) is 12.4 Å². The van der Waals surface area contributed by atoms with Crippen molar-refractivity contribution in [2.24, 2.45) is 0 Å². The molecule has 0 bridgehead atoms. The average Bonchev–Trinajstić information content (AvgIpc) is 2.61. The second kappa shape index (κ2) is 3.77. The Balaban J connectivity index is 2.01. The summed E-state index contributed by atoms with van der Waals surface area (Å²) in [7, 11) is 0. The summed E-state index contributed by atoms with van der Waals surface area (Å²) < 4.78 is 7.24. The highest BCUT2D eigenvalue weighted by atomic mass is 16.6. The van der Waals surface area contributed by atoms with Crippen molar-refractivity contribution in [3.05, 3.63) is 12.2 Å². The molecular weight excluding hydrogens is 208 g/mol. The number of ether oxygens (including phenoxy) is 1. The Morgan fingerprint density at radius 3 is 2.88 bits per heavy atom. The van der Waals surface area contributed by atoms with Crippen LogP contribution in [-0.2, 0) is 17.8 Å². The Morgan fingerprint density at radius 1 is 1.44 bits per heavy atom. The highest BCUT2D eigenvalue weighted by molar-refractivity contribution is 5.68. The van der Waals surface area contributed by atoms with Gasteiger partial charge in [-0.15, -0.1) is 10.2 Å². The van der Waals surface area contributed by atoms with E-state index in [0.29, 0.717) is 13.1 Å². The van der Waals surface area contributed by atoms with Crippen LogP contribution in [0.2, 0.25) is 0 Å². The number of aromatic nitrogens is 3. The van der Waals surface area contributed by atoms with Gasteiger partial charge in [-0.1, -0.05) is 0 Å². The lowest BCUT2D eigenvalue weighted by atomic mass is 10.2. The van der Waals surface area contributed by atoms with Crippen molar-refractivity contribution >= 4 is 6.09 Å². The van der Waals surface area contributed by atoms with Gasteiger partial charge < -0.3 is 9.30 Å². The SMILES string of the molecule is CC(C)(C)OC(=O)N1CCn2cnnc2C1. The van der Waals surface area contributed by atoms with Gasteiger partial charge in [-0.25, -0.2) is 4.79 Å².